The van der Waals surface area contributed by atoms with Crippen LogP contribution in [0.25, 0.3) is 0 Å². The molecule has 1 rings (SSSR count). The van der Waals surface area contributed by atoms with Crippen molar-refractivity contribution in [3.63, 3.8) is 0 Å². The number of amides is 1. The summed E-state index contributed by atoms with van der Waals surface area (Å²) in [6.07, 6.45) is 2.05. The molecule has 1 unspecified atom stereocenters. The number of hydrogen-bond donors (Lipinski definition) is 1. The summed E-state index contributed by atoms with van der Waals surface area (Å²) < 4.78 is 0. The van der Waals surface area contributed by atoms with Gasteiger partial charge in [-0.15, -0.1) is 0 Å². The Balaban J connectivity index is 2.80. The first kappa shape index (κ1) is 17.0. The maximum Gasteiger partial charge on any atom is 0.310 e. The number of carboxylic acids is 1. The summed E-state index contributed by atoms with van der Waals surface area (Å²) in [5, 5.41) is 9.46. The summed E-state index contributed by atoms with van der Waals surface area (Å²) in [7, 11) is 2.06. The van der Waals surface area contributed by atoms with E-state index >= 15 is 0 Å². The first-order valence-electron chi connectivity index (χ1n) is 7.57. The third-order valence-corrected chi connectivity index (χ3v) is 4.66. The standard InChI is InChI=1S/C15H28N2O3/c1-5-15(6-2,14(19)20)10-13(18)17-9-7-8-16(4)11-12(17)3/h12H,5-11H2,1-4H3,(H,19,20). The molecule has 1 atom stereocenters. The molecule has 0 radical (unpaired) electrons. The highest BCUT2D eigenvalue weighted by atomic mass is 16.4. The zero-order chi connectivity index (χ0) is 15.3. The first-order chi connectivity index (χ1) is 9.36. The normalized spacial score (nSPS) is 21.6. The molecule has 0 aromatic carbocycles. The highest BCUT2D eigenvalue weighted by molar-refractivity contribution is 5.85. The van der Waals surface area contributed by atoms with Crippen LogP contribution in [-0.2, 0) is 9.59 Å². The predicted octanol–water partition coefficient (Wildman–Crippen LogP) is 1.82. The second-order valence-corrected chi connectivity index (χ2v) is 6.02. The van der Waals surface area contributed by atoms with E-state index in [4.69, 9.17) is 0 Å². The maximum atomic E-state index is 12.5. The summed E-state index contributed by atoms with van der Waals surface area (Å²) in [5.74, 6) is -0.866. The van der Waals surface area contributed by atoms with Crippen LogP contribution in [0.4, 0.5) is 0 Å². The van der Waals surface area contributed by atoms with Gasteiger partial charge in [0, 0.05) is 25.6 Å². The second-order valence-electron chi connectivity index (χ2n) is 6.02. The molecule has 1 aliphatic heterocycles. The van der Waals surface area contributed by atoms with Gasteiger partial charge in [-0.05, 0) is 39.8 Å². The quantitative estimate of drug-likeness (QED) is 0.836. The Hall–Kier alpha value is -1.10. The van der Waals surface area contributed by atoms with Crippen molar-refractivity contribution in [3.8, 4) is 0 Å². The van der Waals surface area contributed by atoms with E-state index in [1.807, 2.05) is 25.7 Å². The molecule has 1 saturated heterocycles. The van der Waals surface area contributed by atoms with E-state index in [1.54, 1.807) is 0 Å². The van der Waals surface area contributed by atoms with Crippen molar-refractivity contribution < 1.29 is 14.7 Å². The number of nitrogens with zero attached hydrogens (tertiary/aromatic N) is 2. The third kappa shape index (κ3) is 3.72. The number of aliphatic carboxylic acids is 1. The van der Waals surface area contributed by atoms with Gasteiger partial charge in [-0.25, -0.2) is 0 Å². The lowest BCUT2D eigenvalue weighted by Gasteiger charge is -2.33. The number of hydrogen-bond acceptors (Lipinski definition) is 3. The van der Waals surface area contributed by atoms with E-state index in [1.165, 1.54) is 0 Å². The zero-order valence-electron chi connectivity index (χ0n) is 13.2. The van der Waals surface area contributed by atoms with Crippen LogP contribution < -0.4 is 0 Å². The Bertz CT molecular complexity index is 353. The Morgan fingerprint density at radius 3 is 2.35 bits per heavy atom. The molecule has 0 saturated carbocycles. The molecule has 0 bridgehead atoms. The van der Waals surface area contributed by atoms with Crippen LogP contribution in [0.1, 0.15) is 46.5 Å². The van der Waals surface area contributed by atoms with E-state index in [2.05, 4.69) is 11.9 Å². The molecule has 1 heterocycles. The minimum absolute atomic E-state index is 0.0149. The van der Waals surface area contributed by atoms with Crippen molar-refractivity contribution in [3.05, 3.63) is 0 Å². The molecule has 0 aromatic rings. The monoisotopic (exact) mass is 284 g/mol. The van der Waals surface area contributed by atoms with Gasteiger partial charge in [0.05, 0.1) is 5.41 Å². The Labute approximate surface area is 121 Å². The SMILES string of the molecule is CCC(CC)(CC(=O)N1CCCN(C)CC1C)C(=O)O. The average molecular weight is 284 g/mol. The number of likely N-dealkylation sites (N-methyl/N-ethyl adjacent to an activating group) is 1. The minimum Gasteiger partial charge on any atom is -0.481 e. The molecule has 116 valence electrons. The van der Waals surface area contributed by atoms with Crippen LogP contribution in [0.3, 0.4) is 0 Å². The van der Waals surface area contributed by atoms with Gasteiger partial charge in [-0.3, -0.25) is 9.59 Å². The van der Waals surface area contributed by atoms with Gasteiger partial charge in [0.2, 0.25) is 5.91 Å². The van der Waals surface area contributed by atoms with Crippen molar-refractivity contribution >= 4 is 11.9 Å². The van der Waals surface area contributed by atoms with E-state index in [9.17, 15) is 14.7 Å². The van der Waals surface area contributed by atoms with Crippen molar-refractivity contribution in [2.24, 2.45) is 5.41 Å². The number of carbonyl (C=O) groups excluding carboxylic acids is 1. The number of carboxylic acid groups (broad SMARTS) is 1. The molecule has 0 aliphatic carbocycles. The lowest BCUT2D eigenvalue weighted by atomic mass is 9.79. The van der Waals surface area contributed by atoms with Crippen LogP contribution in [0, 0.1) is 5.41 Å². The van der Waals surface area contributed by atoms with Crippen LogP contribution in [0.2, 0.25) is 0 Å². The molecule has 1 amide bonds. The smallest absolute Gasteiger partial charge is 0.310 e. The lowest BCUT2D eigenvalue weighted by Crippen LogP contribution is -2.45. The van der Waals surface area contributed by atoms with Gasteiger partial charge < -0.3 is 14.9 Å². The molecule has 1 fully saturated rings. The lowest BCUT2D eigenvalue weighted by molar-refractivity contribution is -0.154. The molecular weight excluding hydrogens is 256 g/mol. The van der Waals surface area contributed by atoms with Gasteiger partial charge in [0.1, 0.15) is 0 Å². The summed E-state index contributed by atoms with van der Waals surface area (Å²) in [6.45, 7) is 8.31. The Morgan fingerprint density at radius 2 is 1.85 bits per heavy atom. The summed E-state index contributed by atoms with van der Waals surface area (Å²) in [5.41, 5.74) is -0.908. The van der Waals surface area contributed by atoms with Crippen molar-refractivity contribution in [1.29, 1.82) is 0 Å². The number of carbonyl (C=O) groups is 2. The van der Waals surface area contributed by atoms with Crippen LogP contribution >= 0.6 is 0 Å². The predicted molar refractivity (Wildman–Crippen MR) is 78.6 cm³/mol. The van der Waals surface area contributed by atoms with Crippen LogP contribution in [-0.4, -0.2) is 59.5 Å². The van der Waals surface area contributed by atoms with Gasteiger partial charge in [0.15, 0.2) is 0 Å². The van der Waals surface area contributed by atoms with E-state index in [0.29, 0.717) is 12.8 Å². The maximum absolute atomic E-state index is 12.5. The average Bonchev–Trinajstić information content (AvgIpc) is 2.56. The fourth-order valence-electron chi connectivity index (χ4n) is 3.01. The van der Waals surface area contributed by atoms with Crippen molar-refractivity contribution in [2.45, 2.75) is 52.5 Å². The molecule has 5 nitrogen and oxygen atoms in total. The van der Waals surface area contributed by atoms with E-state index in [0.717, 1.165) is 26.1 Å². The molecule has 5 heteroatoms. The minimum atomic E-state index is -0.908. The summed E-state index contributed by atoms with van der Waals surface area (Å²) >= 11 is 0. The molecule has 0 aromatic heterocycles. The first-order valence-corrected chi connectivity index (χ1v) is 7.57. The largest absolute Gasteiger partial charge is 0.481 e. The summed E-state index contributed by atoms with van der Waals surface area (Å²) in [4.78, 5) is 28.2. The third-order valence-electron chi connectivity index (χ3n) is 4.66. The van der Waals surface area contributed by atoms with Crippen LogP contribution in [0.15, 0.2) is 0 Å². The molecule has 0 spiro atoms. The van der Waals surface area contributed by atoms with E-state index in [-0.39, 0.29) is 18.4 Å². The molecule has 20 heavy (non-hydrogen) atoms. The van der Waals surface area contributed by atoms with Gasteiger partial charge in [-0.1, -0.05) is 13.8 Å². The number of rotatable bonds is 5. The van der Waals surface area contributed by atoms with Crippen molar-refractivity contribution in [1.82, 2.24) is 9.80 Å². The fourth-order valence-corrected chi connectivity index (χ4v) is 3.01. The topological polar surface area (TPSA) is 60.9 Å². The Morgan fingerprint density at radius 1 is 1.25 bits per heavy atom. The Kier molecular flexibility index (Phi) is 5.99. The molecule has 1 aliphatic rings. The highest BCUT2D eigenvalue weighted by Gasteiger charge is 2.39. The van der Waals surface area contributed by atoms with E-state index < -0.39 is 11.4 Å². The van der Waals surface area contributed by atoms with Crippen LogP contribution in [0.5, 0.6) is 0 Å². The zero-order valence-corrected chi connectivity index (χ0v) is 13.2. The van der Waals surface area contributed by atoms with Gasteiger partial charge >= 0.3 is 5.97 Å². The molecular formula is C15H28N2O3. The highest BCUT2D eigenvalue weighted by Crippen LogP contribution is 2.32. The second kappa shape index (κ2) is 7.07. The summed E-state index contributed by atoms with van der Waals surface area (Å²) in [6, 6.07) is 0.148. The molecule has 1 N–H and O–H groups in total. The van der Waals surface area contributed by atoms with Gasteiger partial charge in [-0.2, -0.15) is 0 Å². The van der Waals surface area contributed by atoms with Crippen molar-refractivity contribution in [2.75, 3.05) is 26.7 Å². The van der Waals surface area contributed by atoms with Gasteiger partial charge in [0.25, 0.3) is 0 Å². The fraction of sp³-hybridized carbons (Fsp3) is 0.867.